The third-order valence-electron chi connectivity index (χ3n) is 8.81. The molecule has 41 heavy (non-hydrogen) atoms. The molecule has 0 heterocycles. The fourth-order valence-corrected chi connectivity index (χ4v) is 6.27. The highest BCUT2D eigenvalue weighted by Gasteiger charge is 2.56. The molecule has 0 aromatic heterocycles. The van der Waals surface area contributed by atoms with Gasteiger partial charge in [0.2, 0.25) is 0 Å². The summed E-state index contributed by atoms with van der Waals surface area (Å²) in [7, 11) is 0. The van der Waals surface area contributed by atoms with Crippen molar-refractivity contribution in [3.05, 3.63) is 59.2 Å². The van der Waals surface area contributed by atoms with Gasteiger partial charge in [-0.3, -0.25) is 4.79 Å². The number of phenols is 2. The van der Waals surface area contributed by atoms with Gasteiger partial charge in [-0.25, -0.2) is 0 Å². The molecule has 2 aromatic rings. The number of carbonyl (C=O) groups is 1. The highest BCUT2D eigenvalue weighted by atomic mass is 19.4. The summed E-state index contributed by atoms with van der Waals surface area (Å²) in [4.78, 5) is 11.4. The number of phenolic OH excluding ortho intramolecular Hbond substituents is 2. The van der Waals surface area contributed by atoms with E-state index in [-0.39, 0.29) is 35.7 Å². The molecule has 0 bridgehead atoms. The van der Waals surface area contributed by atoms with E-state index in [2.05, 4.69) is 6.92 Å². The smallest absolute Gasteiger partial charge is 0.453 e. The first kappa shape index (κ1) is 32.7. The summed E-state index contributed by atoms with van der Waals surface area (Å²) in [5.74, 6) is -6.12. The van der Waals surface area contributed by atoms with E-state index in [4.69, 9.17) is 0 Å². The number of halogens is 5. The van der Waals surface area contributed by atoms with Crippen molar-refractivity contribution in [2.45, 2.75) is 114 Å². The van der Waals surface area contributed by atoms with E-state index < -0.39 is 36.8 Å². The molecule has 3 atom stereocenters. The van der Waals surface area contributed by atoms with Gasteiger partial charge >= 0.3 is 18.1 Å². The first-order valence-corrected chi connectivity index (χ1v) is 14.5. The molecule has 4 nitrogen and oxygen atoms in total. The third-order valence-corrected chi connectivity index (χ3v) is 8.81. The van der Waals surface area contributed by atoms with Crippen LogP contribution >= 0.6 is 0 Å². The molecule has 0 saturated heterocycles. The zero-order valence-corrected chi connectivity index (χ0v) is 23.5. The Morgan fingerprint density at radius 1 is 0.878 bits per heavy atom. The van der Waals surface area contributed by atoms with Gasteiger partial charge in [-0.1, -0.05) is 63.6 Å². The zero-order valence-electron chi connectivity index (χ0n) is 23.5. The topological polar surface area (TPSA) is 77.8 Å². The number of hydrogen-bond acceptors (Lipinski definition) is 3. The quantitative estimate of drug-likeness (QED) is 0.144. The van der Waals surface area contributed by atoms with Gasteiger partial charge in [-0.2, -0.15) is 22.0 Å². The van der Waals surface area contributed by atoms with Gasteiger partial charge in [0.15, 0.2) is 0 Å². The van der Waals surface area contributed by atoms with Crippen LogP contribution in [0.5, 0.6) is 11.5 Å². The number of aryl methyl sites for hydroxylation is 1. The Morgan fingerprint density at radius 2 is 1.46 bits per heavy atom. The highest BCUT2D eigenvalue weighted by molar-refractivity contribution is 5.69. The van der Waals surface area contributed by atoms with Crippen LogP contribution in [0.3, 0.4) is 0 Å². The lowest BCUT2D eigenvalue weighted by molar-refractivity contribution is -0.284. The monoisotopic (exact) mass is 584 g/mol. The van der Waals surface area contributed by atoms with Crippen molar-refractivity contribution in [3.63, 3.8) is 0 Å². The summed E-state index contributed by atoms with van der Waals surface area (Å²) in [5.41, 5.74) is 3.47. The van der Waals surface area contributed by atoms with Crippen LogP contribution in [0.15, 0.2) is 42.5 Å². The summed E-state index contributed by atoms with van der Waals surface area (Å²) in [6.07, 6.45) is 0.525. The molecule has 1 aliphatic rings. The Labute approximate surface area is 238 Å². The third kappa shape index (κ3) is 8.58. The number of alkyl halides is 5. The Hall–Kier alpha value is -2.84. The minimum atomic E-state index is -5.61. The number of rotatable bonds is 15. The molecule has 0 fully saturated rings. The number of aliphatic carboxylic acids is 1. The predicted octanol–water partition coefficient (Wildman–Crippen LogP) is 9.28. The fourth-order valence-electron chi connectivity index (χ4n) is 6.27. The second kappa shape index (κ2) is 13.9. The standard InChI is InChI=1S/C32H41F5O4/c1-30(24-12-14-25(38)15-13-24)20-18-23-21-26(39)16-17-27(23)28(30)11-7-5-3-2-4-6-9-22(29(40)41)10-8-19-31(33,34)32(35,36)37/h12-17,21-22,28,38-39H,2-11,18-20H2,1H3,(H,40,41)/t22?,28?,30-/m0/s1. The molecule has 0 radical (unpaired) electrons. The molecule has 9 heteroatoms. The normalized spacial score (nSPS) is 20.0. The Kier molecular flexibility index (Phi) is 11.1. The lowest BCUT2D eigenvalue weighted by Crippen LogP contribution is -2.36. The van der Waals surface area contributed by atoms with Crippen LogP contribution in [0.2, 0.25) is 0 Å². The van der Waals surface area contributed by atoms with Gasteiger partial charge < -0.3 is 15.3 Å². The van der Waals surface area contributed by atoms with E-state index >= 15 is 0 Å². The molecule has 3 rings (SSSR count). The van der Waals surface area contributed by atoms with Crippen LogP contribution in [0, 0.1) is 5.92 Å². The van der Waals surface area contributed by atoms with Gasteiger partial charge in [0, 0.05) is 6.42 Å². The van der Waals surface area contributed by atoms with Crippen molar-refractivity contribution in [2.24, 2.45) is 5.92 Å². The molecule has 228 valence electrons. The minimum absolute atomic E-state index is 0.117. The van der Waals surface area contributed by atoms with Crippen LogP contribution < -0.4 is 0 Å². The van der Waals surface area contributed by atoms with Crippen LogP contribution in [0.4, 0.5) is 22.0 Å². The van der Waals surface area contributed by atoms with Gasteiger partial charge in [0.25, 0.3) is 0 Å². The molecule has 2 aromatic carbocycles. The van der Waals surface area contributed by atoms with Gasteiger partial charge in [0.05, 0.1) is 5.92 Å². The summed E-state index contributed by atoms with van der Waals surface area (Å²) in [6, 6.07) is 13.0. The number of carboxylic acids is 1. The average molecular weight is 585 g/mol. The van der Waals surface area contributed by atoms with E-state index in [1.54, 1.807) is 18.2 Å². The van der Waals surface area contributed by atoms with Crippen molar-refractivity contribution in [2.75, 3.05) is 0 Å². The maximum atomic E-state index is 13.1. The number of benzene rings is 2. The lowest BCUT2D eigenvalue weighted by Gasteiger charge is -2.43. The van der Waals surface area contributed by atoms with E-state index in [1.165, 1.54) is 16.7 Å². The highest BCUT2D eigenvalue weighted by Crippen LogP contribution is 2.50. The number of aromatic hydroxyl groups is 2. The van der Waals surface area contributed by atoms with Crippen molar-refractivity contribution in [3.8, 4) is 11.5 Å². The van der Waals surface area contributed by atoms with Crippen molar-refractivity contribution >= 4 is 5.97 Å². The van der Waals surface area contributed by atoms with Gasteiger partial charge in [-0.05, 0) is 90.8 Å². The Balaban J connectivity index is 1.45. The maximum Gasteiger partial charge on any atom is 0.453 e. The number of unbranched alkanes of at least 4 members (excludes halogenated alkanes) is 5. The molecule has 0 saturated carbocycles. The van der Waals surface area contributed by atoms with Crippen LogP contribution in [-0.2, 0) is 16.6 Å². The largest absolute Gasteiger partial charge is 0.508 e. The number of carboxylic acid groups (broad SMARTS) is 1. The molecule has 0 aliphatic heterocycles. The van der Waals surface area contributed by atoms with Crippen LogP contribution in [0.25, 0.3) is 0 Å². The Morgan fingerprint density at radius 3 is 2.10 bits per heavy atom. The fraction of sp³-hybridized carbons (Fsp3) is 0.594. The minimum Gasteiger partial charge on any atom is -0.508 e. The SMILES string of the molecule is C[C@@]1(c2ccc(O)cc2)CCc2cc(O)ccc2C1CCCCCCCCC(CCCC(F)(F)C(F)(F)F)C(=O)O. The second-order valence-electron chi connectivity index (χ2n) is 11.7. The Bertz CT molecular complexity index is 1130. The number of hydrogen-bond donors (Lipinski definition) is 3. The summed E-state index contributed by atoms with van der Waals surface area (Å²) < 4.78 is 63.2. The molecule has 0 amide bonds. The van der Waals surface area contributed by atoms with E-state index in [9.17, 15) is 42.1 Å². The second-order valence-corrected chi connectivity index (χ2v) is 11.7. The van der Waals surface area contributed by atoms with Crippen molar-refractivity contribution in [1.82, 2.24) is 0 Å². The molecule has 0 spiro atoms. The summed E-state index contributed by atoms with van der Waals surface area (Å²) >= 11 is 0. The van der Waals surface area contributed by atoms with Gasteiger partial charge in [-0.15, -0.1) is 0 Å². The molecule has 3 N–H and O–H groups in total. The maximum absolute atomic E-state index is 13.1. The van der Waals surface area contributed by atoms with E-state index in [0.29, 0.717) is 6.42 Å². The van der Waals surface area contributed by atoms with Crippen LogP contribution in [-0.4, -0.2) is 33.4 Å². The lowest BCUT2D eigenvalue weighted by atomic mass is 9.60. The van der Waals surface area contributed by atoms with Gasteiger partial charge in [0.1, 0.15) is 11.5 Å². The first-order valence-electron chi connectivity index (χ1n) is 14.5. The first-order chi connectivity index (χ1) is 19.2. The average Bonchev–Trinajstić information content (AvgIpc) is 2.89. The molecular weight excluding hydrogens is 543 g/mol. The molecular formula is C32H41F5O4. The predicted molar refractivity (Wildman–Crippen MR) is 148 cm³/mol. The van der Waals surface area contributed by atoms with E-state index in [1.807, 2.05) is 24.3 Å². The van der Waals surface area contributed by atoms with Crippen LogP contribution in [0.1, 0.15) is 107 Å². The zero-order chi connectivity index (χ0) is 30.3. The summed E-state index contributed by atoms with van der Waals surface area (Å²) in [5, 5.41) is 29.1. The van der Waals surface area contributed by atoms with Crippen molar-refractivity contribution in [1.29, 1.82) is 0 Å². The van der Waals surface area contributed by atoms with Crippen molar-refractivity contribution < 1.29 is 42.1 Å². The molecule has 1 aliphatic carbocycles. The summed E-state index contributed by atoms with van der Waals surface area (Å²) in [6.45, 7) is 2.27. The molecule has 2 unspecified atom stereocenters. The number of fused-ring (bicyclic) bond motifs is 1. The van der Waals surface area contributed by atoms with E-state index in [0.717, 1.165) is 51.4 Å².